The quantitative estimate of drug-likeness (QED) is 0.638. The molecule has 0 fully saturated rings. The molecule has 0 N–H and O–H groups in total. The number of aromatic nitrogens is 2. The van der Waals surface area contributed by atoms with Gasteiger partial charge in [0, 0.05) is 11.4 Å². The van der Waals surface area contributed by atoms with E-state index >= 15 is 0 Å². The minimum absolute atomic E-state index is 0.542. The average molecular weight is 176 g/mol. The molecule has 0 amide bonds. The van der Waals surface area contributed by atoms with Crippen molar-refractivity contribution in [1.29, 1.82) is 0 Å². The van der Waals surface area contributed by atoms with Crippen molar-refractivity contribution in [3.05, 3.63) is 22.8 Å². The zero-order chi connectivity index (χ0) is 10.0. The largest absolute Gasteiger partial charge is 0.238 e. The van der Waals surface area contributed by atoms with Gasteiger partial charge in [0.05, 0.1) is 0 Å². The van der Waals surface area contributed by atoms with Gasteiger partial charge in [-0.1, -0.05) is 13.3 Å². The lowest BCUT2D eigenvalue weighted by Gasteiger charge is -2.13. The van der Waals surface area contributed by atoms with Crippen LogP contribution in [-0.2, 0) is 0 Å². The van der Waals surface area contributed by atoms with Gasteiger partial charge in [-0.15, -0.1) is 0 Å². The summed E-state index contributed by atoms with van der Waals surface area (Å²) in [6.07, 6.45) is 1.14. The molecular formula is C10H17BN2. The maximum absolute atomic E-state index is 4.49. The van der Waals surface area contributed by atoms with E-state index in [-0.39, 0.29) is 0 Å². The van der Waals surface area contributed by atoms with Crippen LogP contribution >= 0.6 is 0 Å². The topological polar surface area (TPSA) is 25.8 Å². The van der Waals surface area contributed by atoms with E-state index in [2.05, 4.69) is 38.6 Å². The average Bonchev–Trinajstić information content (AvgIpc) is 2.10. The van der Waals surface area contributed by atoms with Crippen molar-refractivity contribution in [2.45, 2.75) is 39.9 Å². The number of hydrogen-bond acceptors (Lipinski definition) is 2. The molecule has 0 aromatic carbocycles. The van der Waals surface area contributed by atoms with Crippen molar-refractivity contribution in [3.63, 3.8) is 0 Å². The number of rotatable bonds is 2. The maximum Gasteiger partial charge on any atom is 0.125 e. The van der Waals surface area contributed by atoms with E-state index in [1.807, 2.05) is 6.92 Å². The summed E-state index contributed by atoms with van der Waals surface area (Å²) in [7, 11) is 2.22. The summed E-state index contributed by atoms with van der Waals surface area (Å²) in [5, 5.41) is 0. The Morgan fingerprint density at radius 1 is 1.23 bits per heavy atom. The molecule has 70 valence electrons. The second-order valence-electron chi connectivity index (χ2n) is 3.68. The van der Waals surface area contributed by atoms with Crippen LogP contribution in [0.1, 0.15) is 41.9 Å². The monoisotopic (exact) mass is 176 g/mol. The van der Waals surface area contributed by atoms with Gasteiger partial charge in [-0.05, 0) is 32.2 Å². The van der Waals surface area contributed by atoms with Crippen LogP contribution in [0.4, 0.5) is 0 Å². The highest BCUT2D eigenvalue weighted by atomic mass is 14.9. The Morgan fingerprint density at radius 2 is 1.85 bits per heavy atom. The fraction of sp³-hybridized carbons (Fsp3) is 0.600. The maximum atomic E-state index is 4.49. The molecule has 2 nitrogen and oxygen atoms in total. The van der Waals surface area contributed by atoms with Gasteiger partial charge in [-0.3, -0.25) is 0 Å². The predicted molar refractivity (Wildman–Crippen MR) is 57.8 cm³/mol. The van der Waals surface area contributed by atoms with Crippen LogP contribution in [0.5, 0.6) is 0 Å². The summed E-state index contributed by atoms with van der Waals surface area (Å²) in [5.41, 5.74) is 3.58. The lowest BCUT2D eigenvalue weighted by atomic mass is 9.80. The lowest BCUT2D eigenvalue weighted by Crippen LogP contribution is -2.07. The first-order valence-corrected chi connectivity index (χ1v) is 4.88. The van der Waals surface area contributed by atoms with Crippen molar-refractivity contribution >= 4 is 7.85 Å². The Labute approximate surface area is 81.2 Å². The molecule has 0 saturated carbocycles. The van der Waals surface area contributed by atoms with Gasteiger partial charge >= 0.3 is 0 Å². The van der Waals surface area contributed by atoms with E-state index in [4.69, 9.17) is 0 Å². The second kappa shape index (κ2) is 3.90. The van der Waals surface area contributed by atoms with Gasteiger partial charge in [-0.2, -0.15) is 0 Å². The molecule has 0 aliphatic carbocycles. The number of nitrogens with zero attached hydrogens (tertiary/aromatic N) is 2. The third kappa shape index (κ3) is 2.08. The third-order valence-corrected chi connectivity index (χ3v) is 2.62. The Bertz CT molecular complexity index is 310. The molecule has 0 aliphatic rings. The van der Waals surface area contributed by atoms with E-state index in [1.54, 1.807) is 0 Å². The first-order valence-electron chi connectivity index (χ1n) is 4.88. The third-order valence-electron chi connectivity index (χ3n) is 2.62. The lowest BCUT2D eigenvalue weighted by molar-refractivity contribution is 0.804. The molecule has 0 bridgehead atoms. The van der Waals surface area contributed by atoms with Crippen molar-refractivity contribution in [2.24, 2.45) is 0 Å². The highest BCUT2D eigenvalue weighted by Crippen LogP contribution is 2.19. The van der Waals surface area contributed by atoms with E-state index in [0.717, 1.165) is 17.9 Å². The van der Waals surface area contributed by atoms with Crippen LogP contribution in [0, 0.1) is 20.8 Å². The van der Waals surface area contributed by atoms with Gasteiger partial charge in [0.25, 0.3) is 0 Å². The highest BCUT2D eigenvalue weighted by molar-refractivity contribution is 6.12. The van der Waals surface area contributed by atoms with Crippen molar-refractivity contribution in [3.8, 4) is 0 Å². The van der Waals surface area contributed by atoms with Gasteiger partial charge in [0.1, 0.15) is 13.7 Å². The standard InChI is InChI=1S/C10H17BN2/c1-5-9(11)10-6(2)7(3)12-8(4)13-10/h9H,5,11H2,1-4H3. The fourth-order valence-electron chi connectivity index (χ4n) is 1.47. The minimum Gasteiger partial charge on any atom is -0.238 e. The summed E-state index contributed by atoms with van der Waals surface area (Å²) in [6.45, 7) is 8.31. The van der Waals surface area contributed by atoms with E-state index in [0.29, 0.717) is 5.82 Å². The first kappa shape index (κ1) is 10.2. The Kier molecular flexibility index (Phi) is 3.07. The molecule has 1 atom stereocenters. The summed E-state index contributed by atoms with van der Waals surface area (Å²) < 4.78 is 0. The molecule has 3 heteroatoms. The van der Waals surface area contributed by atoms with Crippen LogP contribution < -0.4 is 0 Å². The summed E-state index contributed by atoms with van der Waals surface area (Å²) in [5.74, 6) is 1.43. The van der Waals surface area contributed by atoms with Gasteiger partial charge in [0.2, 0.25) is 0 Å². The molecule has 13 heavy (non-hydrogen) atoms. The molecule has 1 unspecified atom stereocenters. The predicted octanol–water partition coefficient (Wildman–Crippen LogP) is 1.49. The molecule has 1 rings (SSSR count). The molecule has 1 aromatic heterocycles. The highest BCUT2D eigenvalue weighted by Gasteiger charge is 2.11. The summed E-state index contributed by atoms with van der Waals surface area (Å²) in [4.78, 5) is 8.83. The van der Waals surface area contributed by atoms with Gasteiger partial charge in [0.15, 0.2) is 0 Å². The normalized spacial score (nSPS) is 12.9. The summed E-state index contributed by atoms with van der Waals surface area (Å²) >= 11 is 0. The van der Waals surface area contributed by atoms with Crippen molar-refractivity contribution < 1.29 is 0 Å². The van der Waals surface area contributed by atoms with Crippen molar-refractivity contribution in [2.75, 3.05) is 0 Å². The van der Waals surface area contributed by atoms with Crippen LogP contribution in [0.15, 0.2) is 0 Å². The zero-order valence-electron chi connectivity index (χ0n) is 9.18. The zero-order valence-corrected chi connectivity index (χ0v) is 9.18. The second-order valence-corrected chi connectivity index (χ2v) is 3.68. The Balaban J connectivity index is 3.20. The SMILES string of the molecule is BC(CC)c1nc(C)nc(C)c1C. The molecule has 0 radical (unpaired) electrons. The molecule has 1 aromatic rings. The molecule has 0 saturated heterocycles. The Hall–Kier alpha value is -0.855. The molecule has 1 heterocycles. The van der Waals surface area contributed by atoms with Crippen LogP contribution in [0.25, 0.3) is 0 Å². The van der Waals surface area contributed by atoms with E-state index in [1.165, 1.54) is 11.3 Å². The first-order chi connectivity index (χ1) is 6.06. The minimum atomic E-state index is 0.542. The number of hydrogen-bond donors (Lipinski definition) is 0. The summed E-state index contributed by atoms with van der Waals surface area (Å²) in [6, 6.07) is 0. The van der Waals surface area contributed by atoms with Gasteiger partial charge in [-0.25, -0.2) is 9.97 Å². The van der Waals surface area contributed by atoms with E-state index < -0.39 is 0 Å². The van der Waals surface area contributed by atoms with Crippen LogP contribution in [0.2, 0.25) is 0 Å². The van der Waals surface area contributed by atoms with Crippen LogP contribution in [-0.4, -0.2) is 17.8 Å². The molecular weight excluding hydrogens is 159 g/mol. The fourth-order valence-corrected chi connectivity index (χ4v) is 1.47. The smallest absolute Gasteiger partial charge is 0.125 e. The number of aryl methyl sites for hydroxylation is 2. The molecule has 0 aliphatic heterocycles. The van der Waals surface area contributed by atoms with Crippen LogP contribution in [0.3, 0.4) is 0 Å². The van der Waals surface area contributed by atoms with E-state index in [9.17, 15) is 0 Å². The van der Waals surface area contributed by atoms with Gasteiger partial charge < -0.3 is 0 Å². The Morgan fingerprint density at radius 3 is 2.38 bits per heavy atom. The van der Waals surface area contributed by atoms with Crippen molar-refractivity contribution in [1.82, 2.24) is 9.97 Å². The molecule has 0 spiro atoms.